The number of rotatable bonds is 1. The summed E-state index contributed by atoms with van der Waals surface area (Å²) in [5, 5.41) is 13.5. The molecule has 0 aliphatic rings. The maximum absolute atomic E-state index is 11.0. The quantitative estimate of drug-likeness (QED) is 0.648. The van der Waals surface area contributed by atoms with Crippen molar-refractivity contribution < 1.29 is 9.90 Å². The van der Waals surface area contributed by atoms with Crippen LogP contribution in [0.3, 0.4) is 0 Å². The van der Waals surface area contributed by atoms with Gasteiger partial charge in [0.2, 0.25) is 0 Å². The molecule has 0 aliphatic heterocycles. The third-order valence-corrected chi connectivity index (χ3v) is 3.38. The van der Waals surface area contributed by atoms with Gasteiger partial charge in [-0.1, -0.05) is 30.3 Å². The third kappa shape index (κ3) is 1.54. The highest BCUT2D eigenvalue weighted by molar-refractivity contribution is 6.04. The number of benzene rings is 3. The van der Waals surface area contributed by atoms with Crippen molar-refractivity contribution in [3.05, 3.63) is 59.7 Å². The number of fused-ring (bicyclic) bond motifs is 2. The summed E-state index contributed by atoms with van der Waals surface area (Å²) in [4.78, 5) is 11.0. The molecule has 0 bridgehead atoms. The molecular formula is C16H12O2. The molecule has 0 fully saturated rings. The van der Waals surface area contributed by atoms with Crippen LogP contribution in [0, 0.1) is 6.92 Å². The Kier molecular flexibility index (Phi) is 2.30. The Hall–Kier alpha value is -2.35. The Bertz CT molecular complexity index is 772. The summed E-state index contributed by atoms with van der Waals surface area (Å²) in [6, 6.07) is 15.5. The molecule has 2 heteroatoms. The van der Waals surface area contributed by atoms with Crippen LogP contribution < -0.4 is 0 Å². The first-order valence-corrected chi connectivity index (χ1v) is 5.82. The lowest BCUT2D eigenvalue weighted by Gasteiger charge is -2.08. The van der Waals surface area contributed by atoms with E-state index in [4.69, 9.17) is 5.11 Å². The number of carboxylic acid groups (broad SMARTS) is 1. The van der Waals surface area contributed by atoms with Gasteiger partial charge in [-0.15, -0.1) is 0 Å². The second-order valence-electron chi connectivity index (χ2n) is 4.46. The van der Waals surface area contributed by atoms with Crippen molar-refractivity contribution in [2.24, 2.45) is 0 Å². The van der Waals surface area contributed by atoms with Gasteiger partial charge in [0.25, 0.3) is 0 Å². The van der Waals surface area contributed by atoms with Gasteiger partial charge in [0.05, 0.1) is 5.56 Å². The summed E-state index contributed by atoms with van der Waals surface area (Å²) >= 11 is 0. The van der Waals surface area contributed by atoms with Gasteiger partial charge in [0.15, 0.2) is 0 Å². The zero-order valence-corrected chi connectivity index (χ0v) is 9.97. The van der Waals surface area contributed by atoms with Crippen molar-refractivity contribution in [3.63, 3.8) is 0 Å². The van der Waals surface area contributed by atoms with Gasteiger partial charge in [-0.25, -0.2) is 4.79 Å². The van der Waals surface area contributed by atoms with Gasteiger partial charge in [-0.2, -0.15) is 0 Å². The molecule has 0 saturated carbocycles. The molecule has 3 aromatic carbocycles. The van der Waals surface area contributed by atoms with Gasteiger partial charge in [0, 0.05) is 0 Å². The highest BCUT2D eigenvalue weighted by Gasteiger charge is 2.07. The SMILES string of the molecule is Cc1c2ccccc2cc2ccc(C(=O)O)cc12. The number of carboxylic acids is 1. The minimum absolute atomic E-state index is 0.334. The molecule has 0 aromatic heterocycles. The van der Waals surface area contributed by atoms with Gasteiger partial charge in [-0.05, 0) is 52.2 Å². The van der Waals surface area contributed by atoms with Crippen molar-refractivity contribution >= 4 is 27.5 Å². The first-order valence-electron chi connectivity index (χ1n) is 5.82. The van der Waals surface area contributed by atoms with Gasteiger partial charge in [0.1, 0.15) is 0 Å². The molecule has 3 aromatic rings. The first-order chi connectivity index (χ1) is 8.66. The second kappa shape index (κ2) is 3.84. The van der Waals surface area contributed by atoms with Crippen LogP contribution in [0.2, 0.25) is 0 Å². The van der Waals surface area contributed by atoms with Crippen LogP contribution in [0.4, 0.5) is 0 Å². The molecule has 0 heterocycles. The fourth-order valence-electron chi connectivity index (χ4n) is 2.42. The lowest BCUT2D eigenvalue weighted by atomic mass is 9.96. The smallest absolute Gasteiger partial charge is 0.335 e. The van der Waals surface area contributed by atoms with E-state index in [1.807, 2.05) is 25.1 Å². The Morgan fingerprint density at radius 3 is 2.44 bits per heavy atom. The molecule has 0 spiro atoms. The lowest BCUT2D eigenvalue weighted by molar-refractivity contribution is 0.0697. The van der Waals surface area contributed by atoms with E-state index in [-0.39, 0.29) is 0 Å². The molecule has 18 heavy (non-hydrogen) atoms. The Balaban J connectivity index is 2.45. The maximum atomic E-state index is 11.0. The number of hydrogen-bond donors (Lipinski definition) is 1. The number of aryl methyl sites for hydroxylation is 1. The molecule has 0 saturated heterocycles. The standard InChI is InChI=1S/C16H12O2/c1-10-14-5-3-2-4-11(14)8-12-6-7-13(16(17)18)9-15(10)12/h2-9H,1H3,(H,17,18). The van der Waals surface area contributed by atoms with E-state index >= 15 is 0 Å². The average Bonchev–Trinajstić information content (AvgIpc) is 2.38. The normalized spacial score (nSPS) is 10.9. The van der Waals surface area contributed by atoms with E-state index in [1.54, 1.807) is 12.1 Å². The predicted molar refractivity (Wildman–Crippen MR) is 73.2 cm³/mol. The van der Waals surface area contributed by atoms with Crippen molar-refractivity contribution in [1.82, 2.24) is 0 Å². The molecular weight excluding hydrogens is 224 g/mol. The average molecular weight is 236 g/mol. The number of hydrogen-bond acceptors (Lipinski definition) is 1. The van der Waals surface area contributed by atoms with Crippen LogP contribution in [-0.2, 0) is 0 Å². The highest BCUT2D eigenvalue weighted by atomic mass is 16.4. The van der Waals surface area contributed by atoms with Gasteiger partial charge in [-0.3, -0.25) is 0 Å². The summed E-state index contributed by atoms with van der Waals surface area (Å²) in [5.74, 6) is -0.885. The first kappa shape index (κ1) is 10.8. The summed E-state index contributed by atoms with van der Waals surface area (Å²) in [6.45, 7) is 2.04. The fourth-order valence-corrected chi connectivity index (χ4v) is 2.42. The zero-order valence-electron chi connectivity index (χ0n) is 9.97. The topological polar surface area (TPSA) is 37.3 Å². The van der Waals surface area contributed by atoms with Crippen LogP contribution in [0.15, 0.2) is 48.5 Å². The minimum Gasteiger partial charge on any atom is -0.478 e. The van der Waals surface area contributed by atoms with Gasteiger partial charge >= 0.3 is 5.97 Å². The molecule has 0 aliphatic carbocycles. The van der Waals surface area contributed by atoms with E-state index in [2.05, 4.69) is 18.2 Å². The summed E-state index contributed by atoms with van der Waals surface area (Å²) in [7, 11) is 0. The van der Waals surface area contributed by atoms with Crippen LogP contribution in [0.25, 0.3) is 21.5 Å². The van der Waals surface area contributed by atoms with Crippen molar-refractivity contribution in [1.29, 1.82) is 0 Å². The number of aromatic carboxylic acids is 1. The molecule has 0 atom stereocenters. The van der Waals surface area contributed by atoms with E-state index in [1.165, 1.54) is 10.8 Å². The minimum atomic E-state index is -0.885. The molecule has 0 unspecified atom stereocenters. The number of carbonyl (C=O) groups is 1. The van der Waals surface area contributed by atoms with Crippen molar-refractivity contribution in [2.75, 3.05) is 0 Å². The molecule has 0 radical (unpaired) electrons. The summed E-state index contributed by atoms with van der Waals surface area (Å²) < 4.78 is 0. The fraction of sp³-hybridized carbons (Fsp3) is 0.0625. The Morgan fingerprint density at radius 1 is 0.944 bits per heavy atom. The van der Waals surface area contributed by atoms with E-state index in [0.717, 1.165) is 16.3 Å². The van der Waals surface area contributed by atoms with Crippen molar-refractivity contribution in [2.45, 2.75) is 6.92 Å². The van der Waals surface area contributed by atoms with E-state index in [0.29, 0.717) is 5.56 Å². The summed E-state index contributed by atoms with van der Waals surface area (Å²) in [5.41, 5.74) is 1.46. The van der Waals surface area contributed by atoms with Crippen molar-refractivity contribution in [3.8, 4) is 0 Å². The monoisotopic (exact) mass is 236 g/mol. The molecule has 3 rings (SSSR count). The highest BCUT2D eigenvalue weighted by Crippen LogP contribution is 2.28. The maximum Gasteiger partial charge on any atom is 0.335 e. The zero-order chi connectivity index (χ0) is 12.7. The molecule has 1 N–H and O–H groups in total. The van der Waals surface area contributed by atoms with Crippen LogP contribution in [0.1, 0.15) is 15.9 Å². The third-order valence-electron chi connectivity index (χ3n) is 3.38. The Labute approximate surface area is 104 Å². The summed E-state index contributed by atoms with van der Waals surface area (Å²) in [6.07, 6.45) is 0. The largest absolute Gasteiger partial charge is 0.478 e. The van der Waals surface area contributed by atoms with Crippen LogP contribution in [-0.4, -0.2) is 11.1 Å². The van der Waals surface area contributed by atoms with E-state index in [9.17, 15) is 4.79 Å². The van der Waals surface area contributed by atoms with Gasteiger partial charge < -0.3 is 5.11 Å². The van der Waals surface area contributed by atoms with Crippen LogP contribution >= 0.6 is 0 Å². The molecule has 88 valence electrons. The molecule has 2 nitrogen and oxygen atoms in total. The molecule has 0 amide bonds. The lowest BCUT2D eigenvalue weighted by Crippen LogP contribution is -1.96. The second-order valence-corrected chi connectivity index (χ2v) is 4.46. The van der Waals surface area contributed by atoms with Crippen LogP contribution in [0.5, 0.6) is 0 Å². The Morgan fingerprint density at radius 2 is 1.67 bits per heavy atom. The predicted octanol–water partition coefficient (Wildman–Crippen LogP) is 4.00. The van der Waals surface area contributed by atoms with E-state index < -0.39 is 5.97 Å².